The third-order valence-corrected chi connectivity index (χ3v) is 4.46. The molecule has 1 aromatic heterocycles. The molecule has 0 radical (unpaired) electrons. The van der Waals surface area contributed by atoms with E-state index in [-0.39, 0.29) is 19.1 Å². The molecule has 1 atom stereocenters. The zero-order valence-electron chi connectivity index (χ0n) is 11.0. The normalized spacial score (nSPS) is 22.7. The Morgan fingerprint density at radius 1 is 1.53 bits per heavy atom. The molecule has 104 valence electrons. The van der Waals surface area contributed by atoms with Crippen molar-refractivity contribution in [2.45, 2.75) is 13.3 Å². The molecule has 2 rings (SSSR count). The summed E-state index contributed by atoms with van der Waals surface area (Å²) in [4.78, 5) is 25.4. The van der Waals surface area contributed by atoms with Crippen LogP contribution in [-0.4, -0.2) is 48.7 Å². The average Bonchev–Trinajstić information content (AvgIpc) is 2.96. The van der Waals surface area contributed by atoms with E-state index in [9.17, 15) is 14.7 Å². The number of carbonyl (C=O) groups excluding carboxylic acids is 1. The first kappa shape index (κ1) is 14.0. The Balaban J connectivity index is 2.15. The molecule has 0 saturated carbocycles. The minimum atomic E-state index is -0.964. The summed E-state index contributed by atoms with van der Waals surface area (Å²) in [6.07, 6.45) is 0.436. The van der Waals surface area contributed by atoms with Crippen molar-refractivity contribution >= 4 is 23.2 Å². The van der Waals surface area contributed by atoms with Gasteiger partial charge in [0.2, 0.25) is 0 Å². The zero-order valence-corrected chi connectivity index (χ0v) is 11.8. The van der Waals surface area contributed by atoms with Gasteiger partial charge in [0.1, 0.15) is 5.41 Å². The van der Waals surface area contributed by atoms with E-state index in [1.165, 1.54) is 18.4 Å². The maximum atomic E-state index is 12.3. The van der Waals surface area contributed by atoms with Gasteiger partial charge in [-0.15, -0.1) is 0 Å². The Kier molecular flexibility index (Phi) is 3.91. The van der Waals surface area contributed by atoms with Crippen LogP contribution in [0.2, 0.25) is 0 Å². The maximum absolute atomic E-state index is 12.3. The van der Waals surface area contributed by atoms with Crippen molar-refractivity contribution in [3.63, 3.8) is 0 Å². The number of carboxylic acids is 1. The smallest absolute Gasteiger partial charge is 0.313 e. The Hall–Kier alpha value is -1.40. The van der Waals surface area contributed by atoms with Crippen LogP contribution in [0.15, 0.2) is 10.8 Å². The lowest BCUT2D eigenvalue weighted by Crippen LogP contribution is -2.40. The highest BCUT2D eigenvalue weighted by Gasteiger charge is 2.46. The van der Waals surface area contributed by atoms with Crippen molar-refractivity contribution in [1.82, 2.24) is 4.90 Å². The van der Waals surface area contributed by atoms with Crippen LogP contribution in [0.1, 0.15) is 22.3 Å². The summed E-state index contributed by atoms with van der Waals surface area (Å²) in [7, 11) is 1.48. The minimum absolute atomic E-state index is 0.0852. The molecule has 6 heteroatoms. The molecule has 1 fully saturated rings. The molecule has 2 heterocycles. The lowest BCUT2D eigenvalue weighted by Gasteiger charge is -2.23. The fourth-order valence-corrected chi connectivity index (χ4v) is 3.25. The molecular weight excluding hydrogens is 266 g/mol. The molecule has 0 aromatic carbocycles. The van der Waals surface area contributed by atoms with Crippen LogP contribution in [0.5, 0.6) is 0 Å². The van der Waals surface area contributed by atoms with E-state index < -0.39 is 11.4 Å². The van der Waals surface area contributed by atoms with E-state index >= 15 is 0 Å². The number of ether oxygens (including phenoxy) is 1. The summed E-state index contributed by atoms with van der Waals surface area (Å²) in [5.41, 5.74) is 0.645. The first-order valence-electron chi connectivity index (χ1n) is 6.04. The van der Waals surface area contributed by atoms with Gasteiger partial charge in [0.25, 0.3) is 5.91 Å². The number of carbonyl (C=O) groups is 2. The van der Waals surface area contributed by atoms with Crippen LogP contribution in [-0.2, 0) is 9.53 Å². The Bertz CT molecular complexity index is 499. The quantitative estimate of drug-likeness (QED) is 0.912. The number of aryl methyl sites for hydroxylation is 1. The van der Waals surface area contributed by atoms with Crippen LogP contribution in [0.4, 0.5) is 0 Å². The van der Waals surface area contributed by atoms with Gasteiger partial charge in [-0.25, -0.2) is 0 Å². The molecule has 1 amide bonds. The highest BCUT2D eigenvalue weighted by Crippen LogP contribution is 2.32. The van der Waals surface area contributed by atoms with Gasteiger partial charge in [-0.1, -0.05) is 0 Å². The van der Waals surface area contributed by atoms with Crippen molar-refractivity contribution in [2.75, 3.05) is 26.8 Å². The summed E-state index contributed by atoms with van der Waals surface area (Å²) in [5, 5.41) is 13.1. The number of hydrogen-bond acceptors (Lipinski definition) is 4. The maximum Gasteiger partial charge on any atom is 0.313 e. The number of aliphatic carboxylic acids is 1. The number of carboxylic acid groups (broad SMARTS) is 1. The first-order chi connectivity index (χ1) is 9.00. The van der Waals surface area contributed by atoms with Gasteiger partial charge in [-0.3, -0.25) is 9.59 Å². The third-order valence-electron chi connectivity index (χ3n) is 3.60. The van der Waals surface area contributed by atoms with Crippen molar-refractivity contribution in [3.05, 3.63) is 21.9 Å². The topological polar surface area (TPSA) is 66.8 Å². The predicted octanol–water partition coefficient (Wildman–Crippen LogP) is 1.62. The highest BCUT2D eigenvalue weighted by atomic mass is 32.1. The summed E-state index contributed by atoms with van der Waals surface area (Å²) >= 11 is 1.48. The third kappa shape index (κ3) is 2.50. The van der Waals surface area contributed by atoms with E-state index in [4.69, 9.17) is 4.74 Å². The van der Waals surface area contributed by atoms with Gasteiger partial charge in [-0.05, 0) is 24.3 Å². The molecule has 5 nitrogen and oxygen atoms in total. The zero-order chi connectivity index (χ0) is 14.0. The van der Waals surface area contributed by atoms with Crippen LogP contribution >= 0.6 is 11.3 Å². The number of rotatable bonds is 4. The second-order valence-corrected chi connectivity index (χ2v) is 5.71. The lowest BCUT2D eigenvalue weighted by atomic mass is 9.88. The molecule has 1 aliphatic rings. The molecule has 1 aliphatic heterocycles. The molecule has 1 aromatic rings. The first-order valence-corrected chi connectivity index (χ1v) is 6.99. The molecule has 0 spiro atoms. The molecule has 1 N–H and O–H groups in total. The molecule has 0 aliphatic carbocycles. The second-order valence-electron chi connectivity index (χ2n) is 4.96. The summed E-state index contributed by atoms with van der Waals surface area (Å²) in [6, 6.07) is 0. The van der Waals surface area contributed by atoms with E-state index in [2.05, 4.69) is 0 Å². The van der Waals surface area contributed by atoms with Crippen molar-refractivity contribution < 1.29 is 19.4 Å². The highest BCUT2D eigenvalue weighted by molar-refractivity contribution is 7.08. The largest absolute Gasteiger partial charge is 0.481 e. The fourth-order valence-electron chi connectivity index (χ4n) is 2.43. The lowest BCUT2D eigenvalue weighted by molar-refractivity contribution is -0.151. The fraction of sp³-hybridized carbons (Fsp3) is 0.538. The monoisotopic (exact) mass is 283 g/mol. The number of methoxy groups -OCH3 is 1. The Morgan fingerprint density at radius 3 is 2.79 bits per heavy atom. The number of amides is 1. The SMILES string of the molecule is COCC1(C(=O)O)CCN(C(=O)c2cscc2C)C1. The van der Waals surface area contributed by atoms with Gasteiger partial charge in [0, 0.05) is 25.6 Å². The van der Waals surface area contributed by atoms with E-state index in [0.29, 0.717) is 18.5 Å². The Morgan fingerprint density at radius 2 is 2.26 bits per heavy atom. The molecule has 19 heavy (non-hydrogen) atoms. The van der Waals surface area contributed by atoms with Crippen LogP contribution < -0.4 is 0 Å². The summed E-state index contributed by atoms with van der Waals surface area (Å²) < 4.78 is 5.02. The summed E-state index contributed by atoms with van der Waals surface area (Å²) in [5.74, 6) is -0.982. The minimum Gasteiger partial charge on any atom is -0.481 e. The molecule has 1 saturated heterocycles. The second kappa shape index (κ2) is 5.30. The molecule has 0 bridgehead atoms. The van der Waals surface area contributed by atoms with Gasteiger partial charge >= 0.3 is 5.97 Å². The van der Waals surface area contributed by atoms with E-state index in [1.54, 1.807) is 4.90 Å². The Labute approximate surface area is 115 Å². The van der Waals surface area contributed by atoms with Gasteiger partial charge in [0.15, 0.2) is 0 Å². The number of likely N-dealkylation sites (tertiary alicyclic amines) is 1. The molecule has 1 unspecified atom stereocenters. The average molecular weight is 283 g/mol. The molecular formula is C13H17NO4S. The van der Waals surface area contributed by atoms with Gasteiger partial charge in [0.05, 0.1) is 12.2 Å². The standard InChI is InChI=1S/C13H17NO4S/c1-9-5-19-6-10(9)11(15)14-4-3-13(7-14,8-18-2)12(16)17/h5-6H,3-4,7-8H2,1-2H3,(H,16,17). The van der Waals surface area contributed by atoms with Gasteiger partial charge in [-0.2, -0.15) is 11.3 Å². The van der Waals surface area contributed by atoms with E-state index in [0.717, 1.165) is 5.56 Å². The number of thiophene rings is 1. The van der Waals surface area contributed by atoms with Crippen molar-refractivity contribution in [3.8, 4) is 0 Å². The predicted molar refractivity (Wildman–Crippen MR) is 71.5 cm³/mol. The van der Waals surface area contributed by atoms with Gasteiger partial charge < -0.3 is 14.7 Å². The number of nitrogens with zero attached hydrogens (tertiary/aromatic N) is 1. The van der Waals surface area contributed by atoms with Crippen LogP contribution in [0.25, 0.3) is 0 Å². The van der Waals surface area contributed by atoms with E-state index in [1.807, 2.05) is 17.7 Å². The van der Waals surface area contributed by atoms with Crippen molar-refractivity contribution in [1.29, 1.82) is 0 Å². The number of hydrogen-bond donors (Lipinski definition) is 1. The van der Waals surface area contributed by atoms with Crippen LogP contribution in [0.3, 0.4) is 0 Å². The van der Waals surface area contributed by atoms with Crippen LogP contribution in [0, 0.1) is 12.3 Å². The summed E-state index contributed by atoms with van der Waals surface area (Å²) in [6.45, 7) is 2.70. The van der Waals surface area contributed by atoms with Crippen molar-refractivity contribution in [2.24, 2.45) is 5.41 Å².